The number of hydrogen-bond donors (Lipinski definition) is 0. The quantitative estimate of drug-likeness (QED) is 0.163. The van der Waals surface area contributed by atoms with Crippen molar-refractivity contribution in [3.05, 3.63) is 283 Å². The van der Waals surface area contributed by atoms with E-state index in [4.69, 9.17) is 0 Å². The van der Waals surface area contributed by atoms with Crippen LogP contribution in [0.4, 0.5) is 0 Å². The van der Waals surface area contributed by atoms with Crippen LogP contribution in [-0.4, -0.2) is 8.80 Å². The van der Waals surface area contributed by atoms with Gasteiger partial charge in [0.15, 0.2) is 0 Å². The SMILES string of the molecule is Cc1cc2c(c3c1C1c4ccccc4C3c3ccccc31)c1cc(C(C)(C)C)cc3c4c(-c5ccccc5)c5c(c(-c6ccccc6)c4n2c13)c1cc(C(C)(C)C)cc2c3c4c(c(C)cc3n5c21)C1c2ccccc2C4c2ccccc21. The van der Waals surface area contributed by atoms with Gasteiger partial charge < -0.3 is 8.80 Å². The third-order valence-electron chi connectivity index (χ3n) is 20.8. The van der Waals surface area contributed by atoms with E-state index in [1.54, 1.807) is 0 Å². The standard InChI is InChI=1S/C80H60N2/c1-41-35-59-69(73-61(41)65-47-27-15-19-31-51(47)67(73)52-32-20-16-28-48(52)65)55-37-45(79(3,4)5)39-57-71-64(44-25-13-10-14-26-44)78-72(63(43-23-11-9-12-24-43)77(71)81(59)75(55)57)58-40-46(80(6,7)8)38-56-70-60(82(78)76(56)58)36-42(2)62-66-49-29-17-21-33-53(49)68(74(62)70)54-34-22-18-30-50(54)66/h9-40,65-68H,1-8H3. The van der Waals surface area contributed by atoms with E-state index in [2.05, 4.69) is 258 Å². The summed E-state index contributed by atoms with van der Waals surface area (Å²) >= 11 is 0. The number of benzene rings is 11. The summed E-state index contributed by atoms with van der Waals surface area (Å²) in [4.78, 5) is 0. The molecule has 0 N–H and O–H groups in total. The molecule has 0 fully saturated rings. The average Bonchev–Trinajstić information content (AvgIpc) is 1.45. The van der Waals surface area contributed by atoms with Gasteiger partial charge in [0.2, 0.25) is 0 Å². The second kappa shape index (κ2) is 15.1. The van der Waals surface area contributed by atoms with Crippen LogP contribution < -0.4 is 0 Å². The molecule has 390 valence electrons. The smallest absolute Gasteiger partial charge is 0.0634 e. The van der Waals surface area contributed by atoms with Gasteiger partial charge in [0.1, 0.15) is 0 Å². The molecule has 15 aromatic rings. The molecule has 82 heavy (non-hydrogen) atoms. The summed E-state index contributed by atoms with van der Waals surface area (Å²) in [6.45, 7) is 19.3. The molecule has 0 saturated carbocycles. The molecular formula is C80H60N2. The number of aromatic nitrogens is 2. The van der Waals surface area contributed by atoms with Gasteiger partial charge in [-0.05, 0) is 161 Å². The van der Waals surface area contributed by atoms with Crippen molar-refractivity contribution in [1.29, 1.82) is 0 Å². The first-order valence-electron chi connectivity index (χ1n) is 29.9. The molecule has 0 spiro atoms. The molecule has 0 saturated heterocycles. The Morgan fingerprint density at radius 2 is 0.561 bits per heavy atom. The zero-order chi connectivity index (χ0) is 54.7. The van der Waals surface area contributed by atoms with Gasteiger partial charge in [-0.2, -0.15) is 0 Å². The molecular weight excluding hydrogens is 989 g/mol. The predicted molar refractivity (Wildman–Crippen MR) is 343 cm³/mol. The van der Waals surface area contributed by atoms with Gasteiger partial charge in [0.25, 0.3) is 0 Å². The zero-order valence-corrected chi connectivity index (χ0v) is 47.7. The first-order valence-corrected chi connectivity index (χ1v) is 29.9. The molecule has 4 bridgehead atoms. The lowest BCUT2D eigenvalue weighted by Gasteiger charge is -2.43. The van der Waals surface area contributed by atoms with E-state index in [0.29, 0.717) is 0 Å². The first kappa shape index (κ1) is 45.7. The van der Waals surface area contributed by atoms with E-state index in [0.717, 1.165) is 0 Å². The van der Waals surface area contributed by atoms with Gasteiger partial charge >= 0.3 is 0 Å². The lowest BCUT2D eigenvalue weighted by molar-refractivity contribution is 0.591. The zero-order valence-electron chi connectivity index (χ0n) is 47.7. The summed E-state index contributed by atoms with van der Waals surface area (Å²) in [5.74, 6) is 0.614. The van der Waals surface area contributed by atoms with Crippen LogP contribution in [0.15, 0.2) is 194 Å². The summed E-state index contributed by atoms with van der Waals surface area (Å²) in [7, 11) is 0. The first-order chi connectivity index (χ1) is 39.9. The largest absolute Gasteiger partial charge is 0.307 e. The summed E-state index contributed by atoms with van der Waals surface area (Å²) in [5, 5.41) is 10.9. The third kappa shape index (κ3) is 5.35. The minimum atomic E-state index is -0.133. The molecule has 6 aliphatic rings. The van der Waals surface area contributed by atoms with Crippen molar-refractivity contribution in [2.75, 3.05) is 0 Å². The highest BCUT2D eigenvalue weighted by atomic mass is 14.9. The molecule has 4 aromatic heterocycles. The minimum Gasteiger partial charge on any atom is -0.307 e. The fourth-order valence-corrected chi connectivity index (χ4v) is 17.6. The van der Waals surface area contributed by atoms with E-state index in [1.165, 1.54) is 187 Å². The lowest BCUT2D eigenvalue weighted by atomic mass is 9.59. The Kier molecular flexibility index (Phi) is 8.43. The van der Waals surface area contributed by atoms with Crippen LogP contribution in [0.25, 0.3) is 98.4 Å². The van der Waals surface area contributed by atoms with Crippen LogP contribution in [0, 0.1) is 13.8 Å². The van der Waals surface area contributed by atoms with Crippen LogP contribution in [0.2, 0.25) is 0 Å². The van der Waals surface area contributed by atoms with Crippen molar-refractivity contribution in [3.8, 4) is 22.3 Å². The second-order valence-corrected chi connectivity index (χ2v) is 27.0. The van der Waals surface area contributed by atoms with Crippen LogP contribution in [0.5, 0.6) is 0 Å². The van der Waals surface area contributed by atoms with E-state index in [9.17, 15) is 0 Å². The second-order valence-electron chi connectivity index (χ2n) is 27.0. The van der Waals surface area contributed by atoms with E-state index >= 15 is 0 Å². The Morgan fingerprint density at radius 3 is 0.854 bits per heavy atom. The van der Waals surface area contributed by atoms with E-state index in [1.807, 2.05) is 0 Å². The number of rotatable bonds is 2. The maximum atomic E-state index is 2.78. The molecule has 11 aromatic carbocycles. The van der Waals surface area contributed by atoms with E-state index in [-0.39, 0.29) is 34.5 Å². The molecule has 21 rings (SSSR count). The van der Waals surface area contributed by atoms with Crippen LogP contribution in [-0.2, 0) is 10.8 Å². The number of fused-ring (bicyclic) bond motifs is 12. The van der Waals surface area contributed by atoms with Gasteiger partial charge in [0, 0.05) is 77.9 Å². The summed E-state index contributed by atoms with van der Waals surface area (Å²) in [5.41, 5.74) is 35.9. The van der Waals surface area contributed by atoms with Crippen molar-refractivity contribution in [1.82, 2.24) is 8.80 Å². The van der Waals surface area contributed by atoms with Gasteiger partial charge in [-0.1, -0.05) is 199 Å². The Hall–Kier alpha value is -8.98. The molecule has 0 unspecified atom stereocenters. The maximum Gasteiger partial charge on any atom is 0.0634 e. The number of hydrogen-bond acceptors (Lipinski definition) is 0. The maximum absolute atomic E-state index is 2.78. The molecule has 0 amide bonds. The minimum absolute atomic E-state index is 0.127. The van der Waals surface area contributed by atoms with E-state index < -0.39 is 0 Å². The molecule has 2 nitrogen and oxygen atoms in total. The fraction of sp³-hybridized carbons (Fsp3) is 0.175. The third-order valence-corrected chi connectivity index (χ3v) is 20.8. The molecule has 0 atom stereocenters. The van der Waals surface area contributed by atoms with Crippen molar-refractivity contribution in [3.63, 3.8) is 0 Å². The highest BCUT2D eigenvalue weighted by Gasteiger charge is 2.46. The van der Waals surface area contributed by atoms with Crippen molar-refractivity contribution in [2.45, 2.75) is 89.9 Å². The Bertz CT molecular complexity index is 4940. The highest BCUT2D eigenvalue weighted by Crippen LogP contribution is 2.63. The van der Waals surface area contributed by atoms with Crippen LogP contribution in [0.1, 0.15) is 154 Å². The molecule has 6 aliphatic carbocycles. The van der Waals surface area contributed by atoms with Gasteiger partial charge in [0.05, 0.1) is 33.1 Å². The molecule has 0 radical (unpaired) electrons. The lowest BCUT2D eigenvalue weighted by Crippen LogP contribution is -2.28. The van der Waals surface area contributed by atoms with Gasteiger partial charge in [-0.15, -0.1) is 0 Å². The Morgan fingerprint density at radius 1 is 0.293 bits per heavy atom. The predicted octanol–water partition coefficient (Wildman–Crippen LogP) is 20.5. The fourth-order valence-electron chi connectivity index (χ4n) is 17.6. The van der Waals surface area contributed by atoms with Crippen molar-refractivity contribution >= 4 is 76.2 Å². The normalized spacial score (nSPS) is 17.8. The molecule has 2 heteroatoms. The Balaban J connectivity index is 1.07. The number of aryl methyl sites for hydroxylation is 2. The summed E-state index contributed by atoms with van der Waals surface area (Å²) < 4.78 is 5.57. The monoisotopic (exact) mass is 1050 g/mol. The van der Waals surface area contributed by atoms with Crippen LogP contribution >= 0.6 is 0 Å². The summed E-state index contributed by atoms with van der Waals surface area (Å²) in [6.07, 6.45) is 0. The van der Waals surface area contributed by atoms with Crippen molar-refractivity contribution in [2.24, 2.45) is 0 Å². The molecule has 0 aliphatic heterocycles. The average molecular weight is 1050 g/mol. The molecule has 4 heterocycles. The topological polar surface area (TPSA) is 8.82 Å². The van der Waals surface area contributed by atoms with Crippen molar-refractivity contribution < 1.29 is 0 Å². The summed E-state index contributed by atoms with van der Waals surface area (Å²) in [6, 6.07) is 76.2. The highest BCUT2D eigenvalue weighted by molar-refractivity contribution is 6.38. The van der Waals surface area contributed by atoms with Gasteiger partial charge in [-0.25, -0.2) is 0 Å². The van der Waals surface area contributed by atoms with Gasteiger partial charge in [-0.3, -0.25) is 0 Å². The van der Waals surface area contributed by atoms with Crippen LogP contribution in [0.3, 0.4) is 0 Å². The Labute approximate surface area is 477 Å². The number of nitrogens with zero attached hydrogens (tertiary/aromatic N) is 2.